The Hall–Kier alpha value is -2.76. The summed E-state index contributed by atoms with van der Waals surface area (Å²) in [4.78, 5) is 28.6. The molecule has 6 heteroatoms. The second-order valence-corrected chi connectivity index (χ2v) is 6.27. The van der Waals surface area contributed by atoms with Gasteiger partial charge in [-0.15, -0.1) is 0 Å². The maximum Gasteiger partial charge on any atom is 0.235 e. The monoisotopic (exact) mass is 343 g/mol. The van der Waals surface area contributed by atoms with Crippen molar-refractivity contribution in [3.63, 3.8) is 0 Å². The minimum Gasteiger partial charge on any atom is -0.355 e. The fraction of sp³-hybridized carbons (Fsp3) is 0.316. The van der Waals surface area contributed by atoms with Crippen LogP contribution in [0.3, 0.4) is 0 Å². The van der Waals surface area contributed by atoms with Crippen molar-refractivity contribution < 1.29 is 14.0 Å². The summed E-state index contributed by atoms with van der Waals surface area (Å²) < 4.78 is 13.6. The third kappa shape index (κ3) is 5.11. The molecular formula is C19H22FN3O2. The van der Waals surface area contributed by atoms with Gasteiger partial charge in [-0.1, -0.05) is 24.3 Å². The Labute approximate surface area is 146 Å². The van der Waals surface area contributed by atoms with Gasteiger partial charge >= 0.3 is 0 Å². The van der Waals surface area contributed by atoms with Crippen LogP contribution in [0.1, 0.15) is 25.0 Å². The second-order valence-electron chi connectivity index (χ2n) is 6.27. The highest BCUT2D eigenvalue weighted by atomic mass is 19.1. The second kappa shape index (κ2) is 8.37. The number of nitrogens with one attached hydrogen (secondary N) is 2. The number of hydrogen-bond acceptors (Lipinski definition) is 3. The van der Waals surface area contributed by atoms with Crippen LogP contribution in [0.25, 0.3) is 0 Å². The number of hydrogen-bond donors (Lipinski definition) is 2. The molecule has 0 bridgehead atoms. The summed E-state index contributed by atoms with van der Waals surface area (Å²) >= 11 is 0. The van der Waals surface area contributed by atoms with Crippen molar-refractivity contribution in [3.05, 3.63) is 65.7 Å². The highest BCUT2D eigenvalue weighted by Gasteiger charge is 2.35. The summed E-state index contributed by atoms with van der Waals surface area (Å²) in [6, 6.07) is 10.0. The quantitative estimate of drug-likeness (QED) is 0.757. The number of rotatable bonds is 7. The van der Waals surface area contributed by atoms with Crippen molar-refractivity contribution in [1.29, 1.82) is 0 Å². The van der Waals surface area contributed by atoms with Gasteiger partial charge < -0.3 is 10.6 Å². The van der Waals surface area contributed by atoms with Crippen molar-refractivity contribution in [2.24, 2.45) is 5.41 Å². The van der Waals surface area contributed by atoms with Crippen LogP contribution in [0.2, 0.25) is 0 Å². The lowest BCUT2D eigenvalue weighted by molar-refractivity contribution is -0.141. The molecule has 0 aliphatic heterocycles. The number of amides is 2. The molecule has 2 aromatic rings. The number of benzene rings is 1. The van der Waals surface area contributed by atoms with E-state index in [0.717, 1.165) is 5.56 Å². The van der Waals surface area contributed by atoms with Crippen LogP contribution in [0.4, 0.5) is 4.39 Å². The maximum absolute atomic E-state index is 13.6. The highest BCUT2D eigenvalue weighted by molar-refractivity contribution is 6.04. The molecule has 0 saturated heterocycles. The van der Waals surface area contributed by atoms with E-state index in [9.17, 15) is 14.0 Å². The molecule has 2 rings (SSSR count). The third-order valence-corrected chi connectivity index (χ3v) is 3.95. The van der Waals surface area contributed by atoms with Gasteiger partial charge in [0.2, 0.25) is 11.8 Å². The molecule has 25 heavy (non-hydrogen) atoms. The predicted octanol–water partition coefficient (Wildman–Crippen LogP) is 2.22. The zero-order valence-corrected chi connectivity index (χ0v) is 14.4. The van der Waals surface area contributed by atoms with Crippen LogP contribution in [0.15, 0.2) is 48.8 Å². The van der Waals surface area contributed by atoms with Crippen molar-refractivity contribution >= 4 is 11.8 Å². The molecule has 0 aliphatic rings. The lowest BCUT2D eigenvalue weighted by Gasteiger charge is -2.22. The molecule has 0 unspecified atom stereocenters. The van der Waals surface area contributed by atoms with Crippen LogP contribution >= 0.6 is 0 Å². The largest absolute Gasteiger partial charge is 0.355 e. The van der Waals surface area contributed by atoms with E-state index in [-0.39, 0.29) is 18.3 Å². The summed E-state index contributed by atoms with van der Waals surface area (Å²) in [7, 11) is 0. The Morgan fingerprint density at radius 1 is 1.08 bits per heavy atom. The normalized spacial score (nSPS) is 11.0. The minimum atomic E-state index is -1.22. The van der Waals surface area contributed by atoms with Gasteiger partial charge in [-0.25, -0.2) is 4.39 Å². The molecular weight excluding hydrogens is 321 g/mol. The van der Waals surface area contributed by atoms with E-state index < -0.39 is 11.3 Å². The summed E-state index contributed by atoms with van der Waals surface area (Å²) in [6.07, 6.45) is 3.67. The summed E-state index contributed by atoms with van der Waals surface area (Å²) in [6.45, 7) is 3.69. The first-order valence-corrected chi connectivity index (χ1v) is 8.10. The molecule has 1 aromatic carbocycles. The van der Waals surface area contributed by atoms with Crippen molar-refractivity contribution in [1.82, 2.24) is 15.6 Å². The average molecular weight is 343 g/mol. The third-order valence-electron chi connectivity index (χ3n) is 3.95. The molecule has 1 aromatic heterocycles. The topological polar surface area (TPSA) is 71.1 Å². The molecule has 132 valence electrons. The Kier molecular flexibility index (Phi) is 6.22. The lowest BCUT2D eigenvalue weighted by Crippen LogP contribution is -2.48. The maximum atomic E-state index is 13.6. The van der Waals surface area contributed by atoms with Crippen LogP contribution in [-0.2, 0) is 22.6 Å². The molecule has 2 amide bonds. The van der Waals surface area contributed by atoms with Crippen molar-refractivity contribution in [2.75, 3.05) is 6.54 Å². The number of pyridine rings is 1. The number of carbonyl (C=O) groups is 2. The first-order valence-electron chi connectivity index (χ1n) is 8.10. The molecule has 2 N–H and O–H groups in total. The number of nitrogens with zero attached hydrogens (tertiary/aromatic N) is 1. The van der Waals surface area contributed by atoms with Gasteiger partial charge in [-0.3, -0.25) is 14.6 Å². The van der Waals surface area contributed by atoms with E-state index in [1.54, 1.807) is 50.5 Å². The standard InChI is InChI=1S/C19H22FN3O2/c1-19(2,18(25)23-13-14-6-5-10-21-12-14)17(24)22-11-9-15-7-3-4-8-16(15)20/h3-8,10,12H,9,11,13H2,1-2H3,(H,22,24)(H,23,25). The first kappa shape index (κ1) is 18.6. The number of carbonyl (C=O) groups excluding carboxylic acids is 2. The van der Waals surface area contributed by atoms with Gasteiger partial charge in [0, 0.05) is 25.5 Å². The first-order chi connectivity index (χ1) is 11.9. The fourth-order valence-corrected chi connectivity index (χ4v) is 2.24. The molecule has 0 fully saturated rings. The predicted molar refractivity (Wildman–Crippen MR) is 93.0 cm³/mol. The zero-order valence-electron chi connectivity index (χ0n) is 14.4. The molecule has 0 aliphatic carbocycles. The fourth-order valence-electron chi connectivity index (χ4n) is 2.24. The Morgan fingerprint density at radius 2 is 1.80 bits per heavy atom. The van der Waals surface area contributed by atoms with E-state index >= 15 is 0 Å². The highest BCUT2D eigenvalue weighted by Crippen LogP contribution is 2.16. The van der Waals surface area contributed by atoms with Crippen LogP contribution in [0, 0.1) is 11.2 Å². The van der Waals surface area contributed by atoms with Crippen molar-refractivity contribution in [3.8, 4) is 0 Å². The van der Waals surface area contributed by atoms with Gasteiger partial charge in [0.05, 0.1) is 0 Å². The molecule has 0 spiro atoms. The van der Waals surface area contributed by atoms with E-state index in [1.807, 2.05) is 6.07 Å². The lowest BCUT2D eigenvalue weighted by atomic mass is 9.91. The van der Waals surface area contributed by atoms with Crippen LogP contribution in [0.5, 0.6) is 0 Å². The van der Waals surface area contributed by atoms with Gasteiger partial charge in [0.1, 0.15) is 11.2 Å². The smallest absolute Gasteiger partial charge is 0.235 e. The summed E-state index contributed by atoms with van der Waals surface area (Å²) in [5.41, 5.74) is 0.158. The summed E-state index contributed by atoms with van der Waals surface area (Å²) in [5, 5.41) is 5.44. The number of aromatic nitrogens is 1. The Bertz CT molecular complexity index is 732. The molecule has 1 heterocycles. The zero-order chi connectivity index (χ0) is 18.3. The van der Waals surface area contributed by atoms with E-state index in [4.69, 9.17) is 0 Å². The van der Waals surface area contributed by atoms with Gasteiger partial charge in [0.25, 0.3) is 0 Å². The summed E-state index contributed by atoms with van der Waals surface area (Å²) in [5.74, 6) is -1.07. The van der Waals surface area contributed by atoms with E-state index in [0.29, 0.717) is 18.5 Å². The van der Waals surface area contributed by atoms with E-state index in [1.165, 1.54) is 6.07 Å². The van der Waals surface area contributed by atoms with Crippen LogP contribution < -0.4 is 10.6 Å². The van der Waals surface area contributed by atoms with E-state index in [2.05, 4.69) is 15.6 Å². The number of halogens is 1. The Morgan fingerprint density at radius 3 is 2.48 bits per heavy atom. The van der Waals surface area contributed by atoms with Gasteiger partial charge in [0.15, 0.2) is 0 Å². The van der Waals surface area contributed by atoms with Gasteiger partial charge in [-0.2, -0.15) is 0 Å². The molecule has 0 atom stereocenters. The molecule has 0 saturated carbocycles. The van der Waals surface area contributed by atoms with Crippen LogP contribution in [-0.4, -0.2) is 23.3 Å². The molecule has 0 radical (unpaired) electrons. The SMILES string of the molecule is CC(C)(C(=O)NCCc1ccccc1F)C(=O)NCc1cccnc1. The molecule has 5 nitrogen and oxygen atoms in total. The minimum absolute atomic E-state index is 0.263. The average Bonchev–Trinajstić information content (AvgIpc) is 2.62. The Balaban J connectivity index is 1.84. The van der Waals surface area contributed by atoms with Gasteiger partial charge in [-0.05, 0) is 43.5 Å². The van der Waals surface area contributed by atoms with Crippen molar-refractivity contribution in [2.45, 2.75) is 26.8 Å².